The zero-order chi connectivity index (χ0) is 15.9. The normalized spacial score (nSPS) is 21.5. The van der Waals surface area contributed by atoms with Crippen LogP contribution in [0.4, 0.5) is 4.79 Å². The van der Waals surface area contributed by atoms with E-state index in [1.165, 1.54) is 6.42 Å². The number of ether oxygens (including phenoxy) is 1. The Morgan fingerprint density at radius 3 is 2.91 bits per heavy atom. The standard InChI is InChI=1S/C17H26N2O3/c1-13-7-8-14(2)19(12-13)17(21)18-11-15-5-3-4-6-16(15)22-10-9-20/h3-6,13-14,20H,7-12H2,1-2H3,(H,18,21). The molecule has 1 aromatic carbocycles. The molecule has 1 saturated heterocycles. The zero-order valence-corrected chi connectivity index (χ0v) is 13.4. The molecule has 2 N–H and O–H groups in total. The Morgan fingerprint density at radius 2 is 2.14 bits per heavy atom. The van der Waals surface area contributed by atoms with Gasteiger partial charge in [0.25, 0.3) is 0 Å². The summed E-state index contributed by atoms with van der Waals surface area (Å²) in [5, 5.41) is 11.8. The first-order chi connectivity index (χ1) is 10.6. The predicted molar refractivity (Wildman–Crippen MR) is 85.8 cm³/mol. The molecule has 1 heterocycles. The minimum absolute atomic E-state index is 0.0176. The van der Waals surface area contributed by atoms with Gasteiger partial charge < -0.3 is 20.1 Å². The smallest absolute Gasteiger partial charge is 0.317 e. The van der Waals surface area contributed by atoms with Gasteiger partial charge in [-0.2, -0.15) is 0 Å². The summed E-state index contributed by atoms with van der Waals surface area (Å²) in [5.41, 5.74) is 0.919. The van der Waals surface area contributed by atoms with Crippen LogP contribution >= 0.6 is 0 Å². The number of carbonyl (C=O) groups excluding carboxylic acids is 1. The molecule has 1 aliphatic rings. The molecule has 2 unspecified atom stereocenters. The summed E-state index contributed by atoms with van der Waals surface area (Å²) in [5.74, 6) is 1.26. The molecule has 2 atom stereocenters. The van der Waals surface area contributed by atoms with Crippen LogP contribution in [0.1, 0.15) is 32.3 Å². The molecule has 0 saturated carbocycles. The number of benzene rings is 1. The molecular weight excluding hydrogens is 280 g/mol. The molecule has 2 rings (SSSR count). The van der Waals surface area contributed by atoms with Gasteiger partial charge in [-0.3, -0.25) is 0 Å². The Bertz CT molecular complexity index is 493. The highest BCUT2D eigenvalue weighted by Gasteiger charge is 2.26. The van der Waals surface area contributed by atoms with Crippen molar-refractivity contribution < 1.29 is 14.6 Å². The van der Waals surface area contributed by atoms with E-state index >= 15 is 0 Å². The molecule has 22 heavy (non-hydrogen) atoms. The molecule has 0 radical (unpaired) electrons. The lowest BCUT2D eigenvalue weighted by Gasteiger charge is -2.36. The maximum atomic E-state index is 12.4. The van der Waals surface area contributed by atoms with Crippen LogP contribution in [0, 0.1) is 5.92 Å². The van der Waals surface area contributed by atoms with Gasteiger partial charge in [-0.05, 0) is 31.7 Å². The number of hydrogen-bond acceptors (Lipinski definition) is 3. The van der Waals surface area contributed by atoms with E-state index in [0.29, 0.717) is 18.2 Å². The van der Waals surface area contributed by atoms with Gasteiger partial charge in [-0.15, -0.1) is 0 Å². The average Bonchev–Trinajstić information content (AvgIpc) is 2.53. The highest BCUT2D eigenvalue weighted by molar-refractivity contribution is 5.74. The van der Waals surface area contributed by atoms with E-state index in [-0.39, 0.29) is 25.3 Å². The summed E-state index contributed by atoms with van der Waals surface area (Å²) >= 11 is 0. The summed E-state index contributed by atoms with van der Waals surface area (Å²) in [7, 11) is 0. The lowest BCUT2D eigenvalue weighted by Crippen LogP contribution is -2.49. The fraction of sp³-hybridized carbons (Fsp3) is 0.588. The van der Waals surface area contributed by atoms with E-state index in [0.717, 1.165) is 18.5 Å². The number of amides is 2. The lowest BCUT2D eigenvalue weighted by atomic mass is 9.95. The minimum atomic E-state index is -0.0239. The highest BCUT2D eigenvalue weighted by atomic mass is 16.5. The van der Waals surface area contributed by atoms with Crippen LogP contribution in [0.2, 0.25) is 0 Å². The van der Waals surface area contributed by atoms with Crippen molar-refractivity contribution in [2.45, 2.75) is 39.3 Å². The third kappa shape index (κ3) is 4.37. The second kappa shape index (κ2) is 8.03. The van der Waals surface area contributed by atoms with E-state index in [1.807, 2.05) is 29.2 Å². The van der Waals surface area contributed by atoms with Crippen molar-refractivity contribution in [3.05, 3.63) is 29.8 Å². The summed E-state index contributed by atoms with van der Waals surface area (Å²) in [6.45, 7) is 5.76. The molecular formula is C17H26N2O3. The Morgan fingerprint density at radius 1 is 1.36 bits per heavy atom. The number of rotatable bonds is 5. The van der Waals surface area contributed by atoms with E-state index in [1.54, 1.807) is 0 Å². The molecule has 0 aliphatic carbocycles. The number of piperidine rings is 1. The van der Waals surface area contributed by atoms with E-state index in [2.05, 4.69) is 19.2 Å². The van der Waals surface area contributed by atoms with E-state index in [9.17, 15) is 4.79 Å². The number of aliphatic hydroxyl groups is 1. The molecule has 1 fully saturated rings. The van der Waals surface area contributed by atoms with Crippen molar-refractivity contribution in [3.63, 3.8) is 0 Å². The quantitative estimate of drug-likeness (QED) is 0.878. The third-order valence-electron chi connectivity index (χ3n) is 4.13. The van der Waals surface area contributed by atoms with Gasteiger partial charge in [0.2, 0.25) is 0 Å². The minimum Gasteiger partial charge on any atom is -0.491 e. The number of likely N-dealkylation sites (tertiary alicyclic amines) is 1. The van der Waals surface area contributed by atoms with Crippen molar-refractivity contribution in [1.29, 1.82) is 0 Å². The van der Waals surface area contributed by atoms with Gasteiger partial charge in [-0.1, -0.05) is 25.1 Å². The van der Waals surface area contributed by atoms with Crippen molar-refractivity contribution >= 4 is 6.03 Å². The fourth-order valence-electron chi connectivity index (χ4n) is 2.79. The fourth-order valence-corrected chi connectivity index (χ4v) is 2.79. The number of nitrogens with zero attached hydrogens (tertiary/aromatic N) is 1. The van der Waals surface area contributed by atoms with Gasteiger partial charge in [-0.25, -0.2) is 4.79 Å². The molecule has 1 aliphatic heterocycles. The first-order valence-electron chi connectivity index (χ1n) is 7.98. The number of hydrogen-bond donors (Lipinski definition) is 2. The zero-order valence-electron chi connectivity index (χ0n) is 13.4. The van der Waals surface area contributed by atoms with Crippen molar-refractivity contribution in [2.75, 3.05) is 19.8 Å². The molecule has 1 aromatic rings. The first kappa shape index (κ1) is 16.6. The molecule has 0 bridgehead atoms. The number of para-hydroxylation sites is 1. The van der Waals surface area contributed by atoms with Crippen LogP contribution in [0.25, 0.3) is 0 Å². The first-order valence-corrected chi connectivity index (χ1v) is 7.98. The van der Waals surface area contributed by atoms with Crippen LogP contribution in [0.5, 0.6) is 5.75 Å². The summed E-state index contributed by atoms with van der Waals surface area (Å²) in [4.78, 5) is 14.3. The highest BCUT2D eigenvalue weighted by Crippen LogP contribution is 2.22. The third-order valence-corrected chi connectivity index (χ3v) is 4.13. The average molecular weight is 306 g/mol. The second-order valence-electron chi connectivity index (χ2n) is 6.02. The van der Waals surface area contributed by atoms with Crippen molar-refractivity contribution in [1.82, 2.24) is 10.2 Å². The molecule has 0 spiro atoms. The predicted octanol–water partition coefficient (Wildman–Crippen LogP) is 2.39. The topological polar surface area (TPSA) is 61.8 Å². The van der Waals surface area contributed by atoms with Gasteiger partial charge in [0.15, 0.2) is 0 Å². The Hall–Kier alpha value is -1.75. The van der Waals surface area contributed by atoms with Crippen LogP contribution in [0.15, 0.2) is 24.3 Å². The maximum absolute atomic E-state index is 12.4. The number of carbonyl (C=O) groups is 1. The molecule has 0 aromatic heterocycles. The molecule has 122 valence electrons. The largest absolute Gasteiger partial charge is 0.491 e. The Balaban J connectivity index is 1.93. The van der Waals surface area contributed by atoms with Crippen LogP contribution in [0.3, 0.4) is 0 Å². The van der Waals surface area contributed by atoms with Gasteiger partial charge in [0, 0.05) is 24.7 Å². The van der Waals surface area contributed by atoms with Crippen LogP contribution < -0.4 is 10.1 Å². The summed E-state index contributed by atoms with van der Waals surface area (Å²) in [6.07, 6.45) is 2.24. The second-order valence-corrected chi connectivity index (χ2v) is 6.02. The molecule has 2 amide bonds. The number of nitrogens with one attached hydrogen (secondary N) is 1. The molecule has 5 nitrogen and oxygen atoms in total. The maximum Gasteiger partial charge on any atom is 0.317 e. The van der Waals surface area contributed by atoms with Gasteiger partial charge in [0.1, 0.15) is 12.4 Å². The number of aliphatic hydroxyl groups excluding tert-OH is 1. The van der Waals surface area contributed by atoms with Crippen molar-refractivity contribution in [2.24, 2.45) is 5.92 Å². The van der Waals surface area contributed by atoms with Crippen LogP contribution in [-0.2, 0) is 6.54 Å². The van der Waals surface area contributed by atoms with Crippen LogP contribution in [-0.4, -0.2) is 41.8 Å². The van der Waals surface area contributed by atoms with Gasteiger partial charge >= 0.3 is 6.03 Å². The van der Waals surface area contributed by atoms with E-state index in [4.69, 9.17) is 9.84 Å². The lowest BCUT2D eigenvalue weighted by molar-refractivity contribution is 0.136. The van der Waals surface area contributed by atoms with Gasteiger partial charge in [0.05, 0.1) is 6.61 Å². The Kier molecular flexibility index (Phi) is 6.07. The molecule has 5 heteroatoms. The monoisotopic (exact) mass is 306 g/mol. The summed E-state index contributed by atoms with van der Waals surface area (Å²) in [6, 6.07) is 7.84. The summed E-state index contributed by atoms with van der Waals surface area (Å²) < 4.78 is 5.49. The van der Waals surface area contributed by atoms with Crippen molar-refractivity contribution in [3.8, 4) is 5.75 Å². The SMILES string of the molecule is CC1CCC(C)N(C(=O)NCc2ccccc2OCCO)C1. The van der Waals surface area contributed by atoms with E-state index < -0.39 is 0 Å². The Labute approximate surface area is 132 Å². The number of urea groups is 1.